The van der Waals surface area contributed by atoms with Gasteiger partial charge < -0.3 is 15.0 Å². The molecule has 31 heavy (non-hydrogen) atoms. The molecule has 1 aliphatic heterocycles. The first kappa shape index (κ1) is 21.7. The van der Waals surface area contributed by atoms with E-state index < -0.39 is 5.92 Å². The Morgan fingerprint density at radius 3 is 2.61 bits per heavy atom. The smallest absolute Gasteiger partial charge is 0.257 e. The van der Waals surface area contributed by atoms with E-state index in [1.807, 2.05) is 24.3 Å². The number of ketones is 1. The monoisotopic (exact) mass is 439 g/mol. The summed E-state index contributed by atoms with van der Waals surface area (Å²) in [5.41, 5.74) is 2.65. The van der Waals surface area contributed by atoms with Gasteiger partial charge in [-0.05, 0) is 36.0 Å². The lowest BCUT2D eigenvalue weighted by Crippen LogP contribution is -2.37. The van der Waals surface area contributed by atoms with Gasteiger partial charge in [0, 0.05) is 29.4 Å². The van der Waals surface area contributed by atoms with Gasteiger partial charge >= 0.3 is 0 Å². The molecule has 0 amide bonds. The summed E-state index contributed by atoms with van der Waals surface area (Å²) in [6, 6.07) is 7.59. The van der Waals surface area contributed by atoms with Gasteiger partial charge in [0.15, 0.2) is 10.9 Å². The van der Waals surface area contributed by atoms with Gasteiger partial charge in [-0.1, -0.05) is 51.1 Å². The molecule has 164 valence electrons. The number of carbonyl (C=O) groups excluding carboxylic acids is 1. The van der Waals surface area contributed by atoms with Crippen molar-refractivity contribution in [3.8, 4) is 5.75 Å². The van der Waals surface area contributed by atoms with E-state index in [0.717, 1.165) is 42.0 Å². The molecule has 7 heteroatoms. The molecule has 6 nitrogen and oxygen atoms in total. The van der Waals surface area contributed by atoms with Gasteiger partial charge in [-0.15, -0.1) is 0 Å². The molecule has 1 atom stereocenters. The quantitative estimate of drug-likeness (QED) is 0.379. The summed E-state index contributed by atoms with van der Waals surface area (Å²) in [6.45, 7) is 6.34. The van der Waals surface area contributed by atoms with Crippen LogP contribution in [0.1, 0.15) is 63.5 Å². The summed E-state index contributed by atoms with van der Waals surface area (Å²) in [5.74, 6) is 1.85. The van der Waals surface area contributed by atoms with E-state index in [2.05, 4.69) is 31.1 Å². The lowest BCUT2D eigenvalue weighted by atomic mass is 9.69. The van der Waals surface area contributed by atoms with E-state index in [4.69, 9.17) is 9.72 Å². The van der Waals surface area contributed by atoms with Crippen molar-refractivity contribution >= 4 is 23.4 Å². The zero-order valence-electron chi connectivity index (χ0n) is 18.5. The highest BCUT2D eigenvalue weighted by Gasteiger charge is 2.42. The molecule has 1 aliphatic carbocycles. The number of Topliss-reactive ketones (excluding diaryl/α,β-unsaturated/α-hetero) is 1. The van der Waals surface area contributed by atoms with Gasteiger partial charge in [0.2, 0.25) is 0 Å². The Hall–Kier alpha value is -2.54. The summed E-state index contributed by atoms with van der Waals surface area (Å²) >= 11 is 1.56. The van der Waals surface area contributed by atoms with Gasteiger partial charge in [-0.2, -0.15) is 0 Å². The lowest BCUT2D eigenvalue weighted by molar-refractivity contribution is -0.118. The highest BCUT2D eigenvalue weighted by Crippen LogP contribution is 2.47. The van der Waals surface area contributed by atoms with E-state index >= 15 is 0 Å². The standard InChI is InChI=1S/C24H29N3O3S/c1-5-6-11-31-23-26-21-20(22(29)27-23)18(14-7-9-15(30-4)10-8-14)19-16(25-21)12-24(2,3)13-17(19)28/h7-10,18H,5-6,11-13H2,1-4H3,(H2,25,26,27,29). The number of H-pyrrole nitrogens is 1. The summed E-state index contributed by atoms with van der Waals surface area (Å²) < 4.78 is 5.29. The summed E-state index contributed by atoms with van der Waals surface area (Å²) in [4.78, 5) is 34.2. The van der Waals surface area contributed by atoms with Crippen molar-refractivity contribution in [2.75, 3.05) is 18.2 Å². The maximum atomic E-state index is 13.3. The molecule has 0 spiro atoms. The van der Waals surface area contributed by atoms with Crippen LogP contribution >= 0.6 is 11.8 Å². The van der Waals surface area contributed by atoms with Gasteiger partial charge in [-0.25, -0.2) is 4.98 Å². The number of aromatic nitrogens is 2. The fourth-order valence-corrected chi connectivity index (χ4v) is 5.35. The van der Waals surface area contributed by atoms with Crippen LogP contribution in [-0.2, 0) is 4.79 Å². The van der Waals surface area contributed by atoms with Crippen molar-refractivity contribution < 1.29 is 9.53 Å². The van der Waals surface area contributed by atoms with Crippen LogP contribution in [-0.4, -0.2) is 28.6 Å². The number of fused-ring (bicyclic) bond motifs is 1. The Kier molecular flexibility index (Phi) is 5.97. The molecule has 2 heterocycles. The molecule has 0 bridgehead atoms. The molecule has 1 aromatic heterocycles. The van der Waals surface area contributed by atoms with E-state index in [9.17, 15) is 9.59 Å². The molecule has 2 aromatic rings. The zero-order chi connectivity index (χ0) is 22.2. The molecule has 0 fully saturated rings. The van der Waals surface area contributed by atoms with Crippen LogP contribution < -0.4 is 15.6 Å². The van der Waals surface area contributed by atoms with E-state index in [1.165, 1.54) is 0 Å². The number of ether oxygens (including phenoxy) is 1. The van der Waals surface area contributed by atoms with Crippen LogP contribution in [0.3, 0.4) is 0 Å². The SMILES string of the molecule is CCCCSc1nc2c(c(=O)[nH]1)C(c1ccc(OC)cc1)C1=C(CC(C)(C)CC1=O)N2. The van der Waals surface area contributed by atoms with Gasteiger partial charge in [0.25, 0.3) is 5.56 Å². The normalized spacial score (nSPS) is 19.5. The second-order valence-electron chi connectivity index (χ2n) is 9.00. The van der Waals surface area contributed by atoms with Crippen LogP contribution in [0, 0.1) is 5.41 Å². The minimum absolute atomic E-state index is 0.0889. The maximum Gasteiger partial charge on any atom is 0.257 e. The second-order valence-corrected chi connectivity index (χ2v) is 10.1. The Bertz CT molecular complexity index is 1090. The van der Waals surface area contributed by atoms with Crippen LogP contribution in [0.2, 0.25) is 0 Å². The first-order chi connectivity index (χ1) is 14.8. The topological polar surface area (TPSA) is 84.1 Å². The predicted octanol–water partition coefficient (Wildman–Crippen LogP) is 4.87. The van der Waals surface area contributed by atoms with E-state index in [1.54, 1.807) is 18.9 Å². The number of anilines is 1. The van der Waals surface area contributed by atoms with Crippen LogP contribution in [0.25, 0.3) is 0 Å². The highest BCUT2D eigenvalue weighted by molar-refractivity contribution is 7.99. The number of nitrogens with one attached hydrogen (secondary N) is 2. The van der Waals surface area contributed by atoms with E-state index in [-0.39, 0.29) is 16.8 Å². The van der Waals surface area contributed by atoms with Crippen LogP contribution in [0.5, 0.6) is 5.75 Å². The third kappa shape index (κ3) is 4.28. The molecule has 0 saturated carbocycles. The highest BCUT2D eigenvalue weighted by atomic mass is 32.2. The number of carbonyl (C=O) groups is 1. The van der Waals surface area contributed by atoms with Crippen molar-refractivity contribution in [1.82, 2.24) is 9.97 Å². The largest absolute Gasteiger partial charge is 0.497 e. The average molecular weight is 440 g/mol. The Morgan fingerprint density at radius 1 is 1.19 bits per heavy atom. The fourth-order valence-electron chi connectivity index (χ4n) is 4.40. The number of allylic oxidation sites excluding steroid dienone is 2. The number of methoxy groups -OCH3 is 1. The summed E-state index contributed by atoms with van der Waals surface area (Å²) in [5, 5.41) is 3.98. The molecule has 1 unspecified atom stereocenters. The minimum Gasteiger partial charge on any atom is -0.497 e. The number of nitrogens with zero attached hydrogens (tertiary/aromatic N) is 1. The average Bonchev–Trinajstić information content (AvgIpc) is 2.71. The number of aromatic amines is 1. The third-order valence-corrected chi connectivity index (χ3v) is 6.85. The van der Waals surface area contributed by atoms with Crippen molar-refractivity contribution in [3.05, 3.63) is 57.0 Å². The first-order valence-electron chi connectivity index (χ1n) is 10.8. The van der Waals surface area contributed by atoms with Crippen molar-refractivity contribution in [3.63, 3.8) is 0 Å². The molecular formula is C24H29N3O3S. The Labute approximate surface area is 186 Å². The number of hydrogen-bond acceptors (Lipinski definition) is 6. The molecule has 4 rings (SSSR count). The minimum atomic E-state index is -0.438. The van der Waals surface area contributed by atoms with Crippen LogP contribution in [0.15, 0.2) is 45.5 Å². The molecule has 0 radical (unpaired) electrons. The Morgan fingerprint density at radius 2 is 1.94 bits per heavy atom. The maximum absolute atomic E-state index is 13.3. The summed E-state index contributed by atoms with van der Waals surface area (Å²) in [6.07, 6.45) is 3.36. The number of thioether (sulfide) groups is 1. The van der Waals surface area contributed by atoms with Gasteiger partial charge in [0.05, 0.1) is 12.7 Å². The zero-order valence-corrected chi connectivity index (χ0v) is 19.3. The predicted molar refractivity (Wildman–Crippen MR) is 124 cm³/mol. The van der Waals surface area contributed by atoms with Crippen molar-refractivity contribution in [2.45, 2.75) is 57.5 Å². The van der Waals surface area contributed by atoms with Gasteiger partial charge in [0.1, 0.15) is 11.6 Å². The number of rotatable bonds is 6. The van der Waals surface area contributed by atoms with E-state index in [0.29, 0.717) is 28.5 Å². The first-order valence-corrected chi connectivity index (χ1v) is 11.8. The van der Waals surface area contributed by atoms with Crippen LogP contribution in [0.4, 0.5) is 5.82 Å². The van der Waals surface area contributed by atoms with Crippen molar-refractivity contribution in [1.29, 1.82) is 0 Å². The molecular weight excluding hydrogens is 410 g/mol. The molecule has 1 aromatic carbocycles. The molecule has 2 N–H and O–H groups in total. The number of benzene rings is 1. The second kappa shape index (κ2) is 8.54. The lowest BCUT2D eigenvalue weighted by Gasteiger charge is -2.38. The van der Waals surface area contributed by atoms with Crippen molar-refractivity contribution in [2.24, 2.45) is 5.41 Å². The number of unbranched alkanes of at least 4 members (excludes halogenated alkanes) is 1. The third-order valence-electron chi connectivity index (χ3n) is 5.89. The fraction of sp³-hybridized carbons (Fsp3) is 0.458. The number of hydrogen-bond donors (Lipinski definition) is 2. The molecule has 2 aliphatic rings. The molecule has 0 saturated heterocycles. The van der Waals surface area contributed by atoms with Gasteiger partial charge in [-0.3, -0.25) is 9.59 Å². The Balaban J connectivity index is 1.85. The summed E-state index contributed by atoms with van der Waals surface area (Å²) in [7, 11) is 1.62.